The van der Waals surface area contributed by atoms with E-state index >= 15 is 0 Å². The van der Waals surface area contributed by atoms with Crippen molar-refractivity contribution in [3.8, 4) is 0 Å². The second-order valence-corrected chi connectivity index (χ2v) is 8.57. The first-order valence-corrected chi connectivity index (χ1v) is 10.9. The van der Waals surface area contributed by atoms with E-state index in [2.05, 4.69) is 19.9 Å². The van der Waals surface area contributed by atoms with E-state index in [1.807, 2.05) is 0 Å². The van der Waals surface area contributed by atoms with E-state index in [1.165, 1.54) is 0 Å². The number of fused-ring (bicyclic) bond motifs is 3. The number of halogens is 7. The van der Waals surface area contributed by atoms with Crippen LogP contribution in [-0.4, -0.2) is 50.3 Å². The third-order valence-corrected chi connectivity index (χ3v) is 5.81. The Hall–Kier alpha value is -3.13. The normalized spacial score (nSPS) is 17.2. The van der Waals surface area contributed by atoms with Crippen LogP contribution in [0.2, 0.25) is 5.02 Å². The second-order valence-electron chi connectivity index (χ2n) is 8.14. The molecule has 2 aromatic heterocycles. The van der Waals surface area contributed by atoms with E-state index < -0.39 is 54.7 Å². The van der Waals surface area contributed by atoms with E-state index in [0.29, 0.717) is 16.2 Å². The summed E-state index contributed by atoms with van der Waals surface area (Å²) >= 11 is 6.10. The molecule has 0 unspecified atom stereocenters. The Balaban J connectivity index is 1.83. The topological polar surface area (TPSA) is 104 Å². The standard InChI is InChI=1S/C21H18ClF6N5O3/c1-9(34)36-8-11(35)7-15-16-12(13-6-10(22)2-3-14(13)29-16)4-5-33(15)19-31-17(20(23,24)25)30-18(32-19)21(26,27)28/h2-3,6,11,15,29,35H,4-5,7-8H2,1H3/t11-,15-/m1/s1. The van der Waals surface area contributed by atoms with Gasteiger partial charge < -0.3 is 19.7 Å². The number of nitrogens with zero attached hydrogens (tertiary/aromatic N) is 4. The van der Waals surface area contributed by atoms with E-state index in [4.69, 9.17) is 16.3 Å². The van der Waals surface area contributed by atoms with Crippen LogP contribution in [0.15, 0.2) is 18.2 Å². The smallest absolute Gasteiger partial charge is 0.451 e. The van der Waals surface area contributed by atoms with Crippen molar-refractivity contribution in [2.75, 3.05) is 18.1 Å². The van der Waals surface area contributed by atoms with Gasteiger partial charge in [-0.05, 0) is 30.2 Å². The third kappa shape index (κ3) is 5.33. The van der Waals surface area contributed by atoms with E-state index in [1.54, 1.807) is 18.2 Å². The number of nitrogens with one attached hydrogen (secondary N) is 1. The molecule has 0 aliphatic carbocycles. The van der Waals surface area contributed by atoms with Crippen molar-refractivity contribution in [2.45, 2.75) is 44.3 Å². The number of ether oxygens (including phenoxy) is 1. The summed E-state index contributed by atoms with van der Waals surface area (Å²) < 4.78 is 84.9. The van der Waals surface area contributed by atoms with Gasteiger partial charge in [0, 0.05) is 41.5 Å². The molecule has 0 bridgehead atoms. The summed E-state index contributed by atoms with van der Waals surface area (Å²) in [5.74, 6) is -5.50. The van der Waals surface area contributed by atoms with Gasteiger partial charge in [0.1, 0.15) is 6.61 Å². The van der Waals surface area contributed by atoms with Crippen molar-refractivity contribution in [1.29, 1.82) is 0 Å². The predicted octanol–water partition coefficient (Wildman–Crippen LogP) is 4.46. The number of hydrogen-bond acceptors (Lipinski definition) is 7. The van der Waals surface area contributed by atoms with Crippen molar-refractivity contribution in [1.82, 2.24) is 19.9 Å². The number of esters is 1. The zero-order valence-corrected chi connectivity index (χ0v) is 19.2. The first kappa shape index (κ1) is 25.9. The molecule has 0 radical (unpaired) electrons. The Morgan fingerprint density at radius 3 is 2.42 bits per heavy atom. The summed E-state index contributed by atoms with van der Waals surface area (Å²) in [6, 6.07) is 3.99. The van der Waals surface area contributed by atoms with Gasteiger partial charge in [0.05, 0.1) is 12.1 Å². The molecule has 3 heterocycles. The number of aromatic nitrogens is 4. The molecular weight excluding hydrogens is 520 g/mol. The highest BCUT2D eigenvalue weighted by atomic mass is 35.5. The average molecular weight is 538 g/mol. The van der Waals surface area contributed by atoms with Gasteiger partial charge in [0.2, 0.25) is 17.6 Å². The first-order valence-electron chi connectivity index (χ1n) is 10.5. The Bertz CT molecular complexity index is 1260. The van der Waals surface area contributed by atoms with Crippen LogP contribution >= 0.6 is 11.6 Å². The van der Waals surface area contributed by atoms with Crippen LogP contribution in [0.4, 0.5) is 32.3 Å². The minimum Gasteiger partial charge on any atom is -0.463 e. The zero-order chi connectivity index (χ0) is 26.4. The molecule has 0 amide bonds. The maximum Gasteiger partial charge on any atom is 0.451 e. The van der Waals surface area contributed by atoms with E-state index in [-0.39, 0.29) is 19.4 Å². The van der Waals surface area contributed by atoms with Gasteiger partial charge in [0.15, 0.2) is 0 Å². The summed E-state index contributed by atoms with van der Waals surface area (Å²) in [6.07, 6.45) is -11.8. The van der Waals surface area contributed by atoms with Crippen LogP contribution < -0.4 is 4.90 Å². The minimum atomic E-state index is -5.26. The van der Waals surface area contributed by atoms with Gasteiger partial charge in [-0.1, -0.05) is 11.6 Å². The molecule has 0 fully saturated rings. The highest BCUT2D eigenvalue weighted by Crippen LogP contribution is 2.40. The largest absolute Gasteiger partial charge is 0.463 e. The molecule has 194 valence electrons. The number of aromatic amines is 1. The van der Waals surface area contributed by atoms with Crippen LogP contribution in [-0.2, 0) is 28.3 Å². The van der Waals surface area contributed by atoms with E-state index in [0.717, 1.165) is 22.8 Å². The maximum absolute atomic E-state index is 13.4. The molecule has 1 aliphatic rings. The van der Waals surface area contributed by atoms with Crippen molar-refractivity contribution < 1.29 is 41.0 Å². The summed E-state index contributed by atoms with van der Waals surface area (Å²) in [5, 5.41) is 11.6. The van der Waals surface area contributed by atoms with E-state index in [9.17, 15) is 36.2 Å². The molecule has 36 heavy (non-hydrogen) atoms. The van der Waals surface area contributed by atoms with Crippen molar-refractivity contribution in [3.05, 3.63) is 46.1 Å². The lowest BCUT2D eigenvalue weighted by atomic mass is 9.94. The summed E-state index contributed by atoms with van der Waals surface area (Å²) in [4.78, 5) is 24.5. The van der Waals surface area contributed by atoms with Gasteiger partial charge in [-0.15, -0.1) is 0 Å². The van der Waals surface area contributed by atoms with Gasteiger partial charge >= 0.3 is 18.3 Å². The van der Waals surface area contributed by atoms with Crippen LogP contribution in [0.1, 0.15) is 42.3 Å². The summed E-state index contributed by atoms with van der Waals surface area (Å²) in [5.41, 5.74) is 1.80. The Labute approximate surface area is 204 Å². The van der Waals surface area contributed by atoms with Crippen LogP contribution in [0.5, 0.6) is 0 Å². The Kier molecular flexibility index (Phi) is 6.77. The number of alkyl halides is 6. The Morgan fingerprint density at radius 2 is 1.83 bits per heavy atom. The zero-order valence-electron chi connectivity index (χ0n) is 18.4. The molecule has 1 aromatic carbocycles. The molecule has 15 heteroatoms. The number of carbonyl (C=O) groups is 1. The summed E-state index contributed by atoms with van der Waals surface area (Å²) in [7, 11) is 0. The van der Waals surface area contributed by atoms with Gasteiger partial charge in [0.25, 0.3) is 0 Å². The molecule has 4 rings (SSSR count). The summed E-state index contributed by atoms with van der Waals surface area (Å²) in [6.45, 7) is 0.622. The quantitative estimate of drug-likeness (QED) is 0.366. The van der Waals surface area contributed by atoms with Crippen LogP contribution in [0.25, 0.3) is 10.9 Å². The van der Waals surface area contributed by atoms with Crippen molar-refractivity contribution >= 4 is 34.4 Å². The number of hydrogen-bond donors (Lipinski definition) is 2. The number of carbonyl (C=O) groups excluding carboxylic acids is 1. The third-order valence-electron chi connectivity index (χ3n) is 5.58. The number of aliphatic hydroxyl groups is 1. The minimum absolute atomic E-state index is 0.0734. The molecule has 2 atom stereocenters. The van der Waals surface area contributed by atoms with Gasteiger partial charge in [-0.25, -0.2) is 4.98 Å². The van der Waals surface area contributed by atoms with Gasteiger partial charge in [-0.3, -0.25) is 4.79 Å². The lowest BCUT2D eigenvalue weighted by Crippen LogP contribution is -2.40. The first-order chi connectivity index (χ1) is 16.7. The highest BCUT2D eigenvalue weighted by molar-refractivity contribution is 6.31. The fraction of sp³-hybridized carbons (Fsp3) is 0.429. The average Bonchev–Trinajstić information content (AvgIpc) is 3.14. The van der Waals surface area contributed by atoms with Crippen molar-refractivity contribution in [2.24, 2.45) is 0 Å². The molecule has 8 nitrogen and oxygen atoms in total. The van der Waals surface area contributed by atoms with Crippen LogP contribution in [0, 0.1) is 0 Å². The predicted molar refractivity (Wildman–Crippen MR) is 114 cm³/mol. The molecule has 0 saturated heterocycles. The number of aliphatic hydroxyl groups excluding tert-OH is 1. The second kappa shape index (κ2) is 9.39. The number of anilines is 1. The number of rotatable bonds is 5. The fourth-order valence-corrected chi connectivity index (χ4v) is 4.28. The lowest BCUT2D eigenvalue weighted by Gasteiger charge is -2.37. The number of benzene rings is 1. The highest BCUT2D eigenvalue weighted by Gasteiger charge is 2.43. The molecular formula is C21H18ClF6N5O3. The maximum atomic E-state index is 13.4. The molecule has 2 N–H and O–H groups in total. The molecule has 0 spiro atoms. The van der Waals surface area contributed by atoms with Crippen LogP contribution in [0.3, 0.4) is 0 Å². The monoisotopic (exact) mass is 537 g/mol. The molecule has 3 aromatic rings. The SMILES string of the molecule is CC(=O)OC[C@H](O)C[C@@H]1c2[nH]c3ccc(Cl)cc3c2CCN1c1nc(C(F)(F)F)nc(C(F)(F)F)n1. The number of H-pyrrole nitrogens is 1. The van der Waals surface area contributed by atoms with Gasteiger partial charge in [-0.2, -0.15) is 36.3 Å². The Morgan fingerprint density at radius 1 is 1.19 bits per heavy atom. The molecule has 0 saturated carbocycles. The molecule has 1 aliphatic heterocycles. The fourth-order valence-electron chi connectivity index (χ4n) is 4.11. The lowest BCUT2D eigenvalue weighted by molar-refractivity contribution is -0.155. The van der Waals surface area contributed by atoms with Crippen molar-refractivity contribution in [3.63, 3.8) is 0 Å².